The van der Waals surface area contributed by atoms with Crippen LogP contribution < -0.4 is 18.9 Å². The van der Waals surface area contributed by atoms with Gasteiger partial charge in [-0.25, -0.2) is 0 Å². The van der Waals surface area contributed by atoms with Crippen LogP contribution in [-0.4, -0.2) is 33.1 Å². The molecular weight excluding hydrogens is 324 g/mol. The van der Waals surface area contributed by atoms with E-state index in [4.69, 9.17) is 18.9 Å². The van der Waals surface area contributed by atoms with E-state index in [0.717, 1.165) is 29.2 Å². The maximum Gasteiger partial charge on any atom is 0.309 e. The maximum absolute atomic E-state index is 11.2. The Bertz CT molecular complexity index is 710. The number of carbonyl (C=O) groups is 1. The predicted molar refractivity (Wildman–Crippen MR) is 90.3 cm³/mol. The van der Waals surface area contributed by atoms with Crippen molar-refractivity contribution in [1.29, 1.82) is 0 Å². The van der Waals surface area contributed by atoms with Crippen molar-refractivity contribution < 1.29 is 28.5 Å². The molecule has 6 heteroatoms. The summed E-state index contributed by atoms with van der Waals surface area (Å²) in [6.07, 6.45) is 1.01. The summed E-state index contributed by atoms with van der Waals surface area (Å²) in [6.45, 7) is 1.34. The molecule has 0 saturated heterocycles. The molecule has 1 aliphatic rings. The molecule has 1 aliphatic heterocycles. The lowest BCUT2D eigenvalue weighted by molar-refractivity contribution is -0.139. The van der Waals surface area contributed by atoms with Gasteiger partial charge in [-0.2, -0.15) is 0 Å². The first-order valence-electron chi connectivity index (χ1n) is 8.05. The zero-order valence-electron chi connectivity index (χ0n) is 14.0. The Morgan fingerprint density at radius 1 is 0.960 bits per heavy atom. The van der Waals surface area contributed by atoms with Crippen molar-refractivity contribution >= 4 is 5.97 Å². The van der Waals surface area contributed by atoms with Gasteiger partial charge in [0.2, 0.25) is 6.79 Å². The van der Waals surface area contributed by atoms with Crippen molar-refractivity contribution in [3.63, 3.8) is 0 Å². The molecule has 2 aromatic rings. The number of rotatable bonds is 8. The molecule has 0 saturated carbocycles. The van der Waals surface area contributed by atoms with E-state index in [2.05, 4.69) is 4.74 Å². The van der Waals surface area contributed by atoms with Gasteiger partial charge in [-0.05, 0) is 29.8 Å². The molecule has 0 N–H and O–H groups in total. The number of ether oxygens (including phenoxy) is 5. The summed E-state index contributed by atoms with van der Waals surface area (Å²) in [7, 11) is 1.38. The van der Waals surface area contributed by atoms with E-state index in [1.807, 2.05) is 42.5 Å². The summed E-state index contributed by atoms with van der Waals surface area (Å²) in [4.78, 5) is 11.2. The predicted octanol–water partition coefficient (Wildman–Crippen LogP) is 2.98. The number of methoxy groups -OCH3 is 1. The molecule has 1 heterocycles. The van der Waals surface area contributed by atoms with Gasteiger partial charge in [0.05, 0.1) is 26.7 Å². The minimum Gasteiger partial charge on any atom is -0.493 e. The van der Waals surface area contributed by atoms with E-state index in [0.29, 0.717) is 19.0 Å². The number of esters is 1. The van der Waals surface area contributed by atoms with Gasteiger partial charge >= 0.3 is 5.97 Å². The highest BCUT2D eigenvalue weighted by Gasteiger charge is 2.13. The Balaban J connectivity index is 1.36. The van der Waals surface area contributed by atoms with Crippen LogP contribution in [0.4, 0.5) is 0 Å². The van der Waals surface area contributed by atoms with E-state index < -0.39 is 0 Å². The third-order valence-corrected chi connectivity index (χ3v) is 3.67. The minimum absolute atomic E-state index is 0.255. The molecule has 0 amide bonds. The third-order valence-electron chi connectivity index (χ3n) is 3.67. The highest BCUT2D eigenvalue weighted by Crippen LogP contribution is 2.35. The zero-order valence-corrected chi connectivity index (χ0v) is 14.0. The summed E-state index contributed by atoms with van der Waals surface area (Å²) < 4.78 is 26.5. The fourth-order valence-corrected chi connectivity index (χ4v) is 2.35. The molecule has 0 spiro atoms. The molecular formula is C19H20O6. The van der Waals surface area contributed by atoms with E-state index in [9.17, 15) is 4.79 Å². The average molecular weight is 344 g/mol. The van der Waals surface area contributed by atoms with Crippen molar-refractivity contribution in [2.75, 3.05) is 27.1 Å². The van der Waals surface area contributed by atoms with E-state index in [1.165, 1.54) is 7.11 Å². The first-order valence-corrected chi connectivity index (χ1v) is 8.05. The maximum atomic E-state index is 11.2. The molecule has 0 unspecified atom stereocenters. The summed E-state index contributed by atoms with van der Waals surface area (Å²) in [6, 6.07) is 12.9. The fourth-order valence-electron chi connectivity index (χ4n) is 2.35. The molecule has 6 nitrogen and oxygen atoms in total. The van der Waals surface area contributed by atoms with Crippen molar-refractivity contribution in [3.05, 3.63) is 48.0 Å². The smallest absolute Gasteiger partial charge is 0.309 e. The highest BCUT2D eigenvalue weighted by molar-refractivity contribution is 5.72. The molecule has 2 aromatic carbocycles. The summed E-state index contributed by atoms with van der Waals surface area (Å²) in [5.41, 5.74) is 0.894. The molecule has 0 radical (unpaired) electrons. The topological polar surface area (TPSA) is 63.2 Å². The standard InChI is InChI=1S/C19H20O6/c1-21-19(20)11-14-3-5-15(6-4-14)22-9-2-10-23-16-7-8-17-18(12-16)25-13-24-17/h3-8,12H,2,9-11,13H2,1H3. The molecule has 0 aliphatic carbocycles. The second-order valence-corrected chi connectivity index (χ2v) is 5.46. The van der Waals surface area contributed by atoms with Crippen LogP contribution >= 0.6 is 0 Å². The Morgan fingerprint density at radius 2 is 1.64 bits per heavy atom. The average Bonchev–Trinajstić information content (AvgIpc) is 3.10. The van der Waals surface area contributed by atoms with E-state index in [1.54, 1.807) is 0 Å². The number of carbonyl (C=O) groups excluding carboxylic acids is 1. The van der Waals surface area contributed by atoms with Crippen LogP contribution in [0.25, 0.3) is 0 Å². The summed E-state index contributed by atoms with van der Waals surface area (Å²) in [5.74, 6) is 2.70. The molecule has 3 rings (SSSR count). The summed E-state index contributed by atoms with van der Waals surface area (Å²) in [5, 5.41) is 0. The van der Waals surface area contributed by atoms with Crippen LogP contribution in [0.1, 0.15) is 12.0 Å². The first-order chi connectivity index (χ1) is 12.2. The number of fused-ring (bicyclic) bond motifs is 1. The third kappa shape index (κ3) is 4.79. The van der Waals surface area contributed by atoms with Crippen molar-refractivity contribution in [3.8, 4) is 23.0 Å². The Morgan fingerprint density at radius 3 is 2.40 bits per heavy atom. The number of benzene rings is 2. The van der Waals surface area contributed by atoms with Crippen molar-refractivity contribution in [2.24, 2.45) is 0 Å². The van der Waals surface area contributed by atoms with Crippen LogP contribution in [0.15, 0.2) is 42.5 Å². The lowest BCUT2D eigenvalue weighted by Gasteiger charge is -2.09. The molecule has 132 valence electrons. The SMILES string of the molecule is COC(=O)Cc1ccc(OCCCOc2ccc3c(c2)OCO3)cc1. The molecule has 0 fully saturated rings. The molecule has 25 heavy (non-hydrogen) atoms. The number of hydrogen-bond acceptors (Lipinski definition) is 6. The van der Waals surface area contributed by atoms with Gasteiger partial charge in [0.1, 0.15) is 11.5 Å². The van der Waals surface area contributed by atoms with E-state index in [-0.39, 0.29) is 19.2 Å². The minimum atomic E-state index is -0.255. The molecule has 0 bridgehead atoms. The first kappa shape index (κ1) is 17.0. The fraction of sp³-hybridized carbons (Fsp3) is 0.316. The van der Waals surface area contributed by atoms with Gasteiger partial charge < -0.3 is 23.7 Å². The monoisotopic (exact) mass is 344 g/mol. The zero-order chi connectivity index (χ0) is 17.5. The van der Waals surface area contributed by atoms with Gasteiger partial charge in [0.25, 0.3) is 0 Å². The van der Waals surface area contributed by atoms with Crippen LogP contribution in [0.5, 0.6) is 23.0 Å². The number of hydrogen-bond donors (Lipinski definition) is 0. The second kappa shape index (κ2) is 8.28. The van der Waals surface area contributed by atoms with Gasteiger partial charge in [-0.3, -0.25) is 4.79 Å². The van der Waals surface area contributed by atoms with Crippen LogP contribution in [-0.2, 0) is 16.0 Å². The van der Waals surface area contributed by atoms with Crippen LogP contribution in [0, 0.1) is 0 Å². The van der Waals surface area contributed by atoms with Gasteiger partial charge in [-0.1, -0.05) is 12.1 Å². The molecule has 0 atom stereocenters. The highest BCUT2D eigenvalue weighted by atomic mass is 16.7. The van der Waals surface area contributed by atoms with Crippen LogP contribution in [0.3, 0.4) is 0 Å². The normalized spacial score (nSPS) is 11.9. The van der Waals surface area contributed by atoms with Gasteiger partial charge in [0.15, 0.2) is 11.5 Å². The Kier molecular flexibility index (Phi) is 5.61. The summed E-state index contributed by atoms with van der Waals surface area (Å²) >= 11 is 0. The van der Waals surface area contributed by atoms with Crippen molar-refractivity contribution in [1.82, 2.24) is 0 Å². The lowest BCUT2D eigenvalue weighted by atomic mass is 10.1. The largest absolute Gasteiger partial charge is 0.493 e. The molecule has 0 aromatic heterocycles. The Hall–Kier alpha value is -2.89. The quantitative estimate of drug-likeness (QED) is 0.542. The van der Waals surface area contributed by atoms with Gasteiger partial charge in [0, 0.05) is 12.5 Å². The van der Waals surface area contributed by atoms with Crippen LogP contribution in [0.2, 0.25) is 0 Å². The lowest BCUT2D eigenvalue weighted by Crippen LogP contribution is -2.06. The second-order valence-electron chi connectivity index (χ2n) is 5.46. The van der Waals surface area contributed by atoms with Gasteiger partial charge in [-0.15, -0.1) is 0 Å². The van der Waals surface area contributed by atoms with Crippen molar-refractivity contribution in [2.45, 2.75) is 12.8 Å². The Labute approximate surface area is 146 Å². The van der Waals surface area contributed by atoms with E-state index >= 15 is 0 Å².